The van der Waals surface area contributed by atoms with E-state index in [1.165, 1.54) is 31.2 Å². The van der Waals surface area contributed by atoms with Gasteiger partial charge in [-0.2, -0.15) is 5.10 Å². The molecule has 3 heterocycles. The van der Waals surface area contributed by atoms with Crippen molar-refractivity contribution in [1.82, 2.24) is 20.0 Å². The maximum atomic E-state index is 4.35. The van der Waals surface area contributed by atoms with Gasteiger partial charge in [0.15, 0.2) is 0 Å². The van der Waals surface area contributed by atoms with E-state index >= 15 is 0 Å². The van der Waals surface area contributed by atoms with Crippen molar-refractivity contribution < 1.29 is 0 Å². The Morgan fingerprint density at radius 3 is 2.72 bits per heavy atom. The summed E-state index contributed by atoms with van der Waals surface area (Å²) in [6.45, 7) is 4.12. The van der Waals surface area contributed by atoms with Crippen LogP contribution in [0, 0.1) is 0 Å². The van der Waals surface area contributed by atoms with Gasteiger partial charge in [-0.05, 0) is 39.7 Å². The Hall–Kier alpha value is -0.870. The lowest BCUT2D eigenvalue weighted by atomic mass is 9.98. The zero-order chi connectivity index (χ0) is 12.5. The normalized spacial score (nSPS) is 31.2. The summed E-state index contributed by atoms with van der Waals surface area (Å²) in [5, 5.41) is 8.06. The van der Waals surface area contributed by atoms with Gasteiger partial charge < -0.3 is 5.32 Å². The van der Waals surface area contributed by atoms with Crippen LogP contribution in [-0.2, 0) is 13.1 Å². The number of hydrogen-bond donors (Lipinski definition) is 1. The van der Waals surface area contributed by atoms with E-state index in [4.69, 9.17) is 0 Å². The predicted molar refractivity (Wildman–Crippen MR) is 72.3 cm³/mol. The monoisotopic (exact) mass is 248 g/mol. The van der Waals surface area contributed by atoms with E-state index in [0.29, 0.717) is 0 Å². The molecule has 2 fully saturated rings. The Labute approximate surface area is 109 Å². The molecule has 0 aliphatic carbocycles. The number of nitrogens with one attached hydrogen (secondary N) is 1. The number of aryl methyl sites for hydroxylation is 1. The van der Waals surface area contributed by atoms with Gasteiger partial charge in [-0.25, -0.2) is 0 Å². The molecule has 4 nitrogen and oxygen atoms in total. The first kappa shape index (κ1) is 12.2. The van der Waals surface area contributed by atoms with Crippen LogP contribution in [0.15, 0.2) is 12.4 Å². The van der Waals surface area contributed by atoms with Crippen LogP contribution < -0.4 is 5.32 Å². The van der Waals surface area contributed by atoms with E-state index < -0.39 is 0 Å². The van der Waals surface area contributed by atoms with Crippen LogP contribution in [-0.4, -0.2) is 39.9 Å². The molecule has 18 heavy (non-hydrogen) atoms. The average Bonchev–Trinajstić information content (AvgIpc) is 2.96. The van der Waals surface area contributed by atoms with Crippen molar-refractivity contribution in [1.29, 1.82) is 0 Å². The fraction of sp³-hybridized carbons (Fsp3) is 0.786. The maximum absolute atomic E-state index is 4.35. The van der Waals surface area contributed by atoms with E-state index in [9.17, 15) is 0 Å². The molecule has 1 aromatic heterocycles. The van der Waals surface area contributed by atoms with E-state index in [-0.39, 0.29) is 0 Å². The smallest absolute Gasteiger partial charge is 0.0534 e. The van der Waals surface area contributed by atoms with Crippen LogP contribution in [0.1, 0.15) is 38.2 Å². The highest BCUT2D eigenvalue weighted by Crippen LogP contribution is 2.29. The molecule has 1 aromatic rings. The van der Waals surface area contributed by atoms with Crippen molar-refractivity contribution in [2.45, 2.75) is 63.8 Å². The second-order valence-electron chi connectivity index (χ2n) is 5.88. The third-order valence-electron chi connectivity index (χ3n) is 4.51. The first-order valence-electron chi connectivity index (χ1n) is 7.22. The van der Waals surface area contributed by atoms with E-state index in [2.05, 4.69) is 35.5 Å². The highest BCUT2D eigenvalue weighted by Gasteiger charge is 2.34. The highest BCUT2D eigenvalue weighted by molar-refractivity contribution is 5.04. The summed E-state index contributed by atoms with van der Waals surface area (Å²) in [6, 6.07) is 2.29. The molecule has 0 aromatic carbocycles. The summed E-state index contributed by atoms with van der Waals surface area (Å²) in [7, 11) is 2.26. The topological polar surface area (TPSA) is 33.1 Å². The second kappa shape index (κ2) is 5.02. The molecule has 4 heteroatoms. The quantitative estimate of drug-likeness (QED) is 0.879. The van der Waals surface area contributed by atoms with Crippen LogP contribution in [0.3, 0.4) is 0 Å². The Balaban J connectivity index is 1.59. The third kappa shape index (κ3) is 2.45. The first-order chi connectivity index (χ1) is 8.74. The molecule has 0 spiro atoms. The van der Waals surface area contributed by atoms with Gasteiger partial charge >= 0.3 is 0 Å². The minimum absolute atomic E-state index is 0.744. The maximum Gasteiger partial charge on any atom is 0.0534 e. The summed E-state index contributed by atoms with van der Waals surface area (Å²) in [5.41, 5.74) is 1.34. The largest absolute Gasteiger partial charge is 0.311 e. The molecule has 3 rings (SSSR count). The van der Waals surface area contributed by atoms with Crippen molar-refractivity contribution >= 4 is 0 Å². The van der Waals surface area contributed by atoms with Gasteiger partial charge in [0.2, 0.25) is 0 Å². The highest BCUT2D eigenvalue weighted by atomic mass is 15.3. The Morgan fingerprint density at radius 1 is 1.39 bits per heavy atom. The lowest BCUT2D eigenvalue weighted by Crippen LogP contribution is -2.46. The number of nitrogens with zero attached hydrogens (tertiary/aromatic N) is 3. The van der Waals surface area contributed by atoms with Crippen LogP contribution in [0.4, 0.5) is 0 Å². The summed E-state index contributed by atoms with van der Waals surface area (Å²) in [5.74, 6) is 0. The van der Waals surface area contributed by atoms with Crippen LogP contribution >= 0.6 is 0 Å². The van der Waals surface area contributed by atoms with Crippen LogP contribution in [0.5, 0.6) is 0 Å². The van der Waals surface area contributed by atoms with Gasteiger partial charge in [-0.15, -0.1) is 0 Å². The van der Waals surface area contributed by atoms with Gasteiger partial charge in [-0.1, -0.05) is 0 Å². The van der Waals surface area contributed by atoms with E-state index in [0.717, 1.165) is 31.2 Å². The summed E-state index contributed by atoms with van der Waals surface area (Å²) in [4.78, 5) is 2.52. The summed E-state index contributed by atoms with van der Waals surface area (Å²) < 4.78 is 2.01. The number of piperidine rings is 1. The molecular weight excluding hydrogens is 224 g/mol. The van der Waals surface area contributed by atoms with Gasteiger partial charge in [0.1, 0.15) is 0 Å². The van der Waals surface area contributed by atoms with Gasteiger partial charge in [0.05, 0.1) is 6.20 Å². The standard InChI is InChI=1S/C14H24N4/c1-3-18-10-11(8-15-18)9-17(2)14-6-12-4-5-13(7-14)16-12/h8,10,12-14,16H,3-7,9H2,1-2H3. The molecule has 2 atom stereocenters. The fourth-order valence-corrected chi connectivity index (χ4v) is 3.47. The summed E-state index contributed by atoms with van der Waals surface area (Å²) in [6.07, 6.45) is 9.57. The molecule has 0 saturated carbocycles. The summed E-state index contributed by atoms with van der Waals surface area (Å²) >= 11 is 0. The molecule has 1 N–H and O–H groups in total. The first-order valence-corrected chi connectivity index (χ1v) is 7.22. The molecule has 2 aliphatic heterocycles. The molecule has 100 valence electrons. The zero-order valence-corrected chi connectivity index (χ0v) is 11.5. The van der Waals surface area contributed by atoms with E-state index in [1.54, 1.807) is 0 Å². The predicted octanol–water partition coefficient (Wildman–Crippen LogP) is 1.62. The van der Waals surface area contributed by atoms with Crippen molar-refractivity contribution in [3.05, 3.63) is 18.0 Å². The minimum Gasteiger partial charge on any atom is -0.311 e. The molecule has 0 amide bonds. The van der Waals surface area contributed by atoms with Gasteiger partial charge in [0, 0.05) is 43.0 Å². The SMILES string of the molecule is CCn1cc(CN(C)C2CC3CCC(C2)N3)cn1. The number of aromatic nitrogens is 2. The number of fused-ring (bicyclic) bond motifs is 2. The molecule has 2 bridgehead atoms. The lowest BCUT2D eigenvalue weighted by molar-refractivity contribution is 0.166. The second-order valence-corrected chi connectivity index (χ2v) is 5.88. The molecule has 2 unspecified atom stereocenters. The van der Waals surface area contributed by atoms with Crippen molar-refractivity contribution in [2.75, 3.05) is 7.05 Å². The minimum atomic E-state index is 0.744. The zero-order valence-electron chi connectivity index (χ0n) is 11.5. The lowest BCUT2D eigenvalue weighted by Gasteiger charge is -2.35. The third-order valence-corrected chi connectivity index (χ3v) is 4.51. The molecule has 2 aliphatic rings. The average molecular weight is 248 g/mol. The molecule has 0 radical (unpaired) electrons. The van der Waals surface area contributed by atoms with Crippen molar-refractivity contribution in [3.8, 4) is 0 Å². The van der Waals surface area contributed by atoms with E-state index in [1.807, 2.05) is 10.9 Å². The Morgan fingerprint density at radius 2 is 2.11 bits per heavy atom. The Kier molecular flexibility index (Phi) is 3.39. The van der Waals surface area contributed by atoms with Crippen LogP contribution in [0.2, 0.25) is 0 Å². The number of hydrogen-bond acceptors (Lipinski definition) is 3. The number of rotatable bonds is 4. The van der Waals surface area contributed by atoms with Crippen LogP contribution in [0.25, 0.3) is 0 Å². The molecule has 2 saturated heterocycles. The molecular formula is C14H24N4. The Bertz CT molecular complexity index is 388. The van der Waals surface area contributed by atoms with Gasteiger partial charge in [0.25, 0.3) is 0 Å². The van der Waals surface area contributed by atoms with Crippen molar-refractivity contribution in [2.24, 2.45) is 0 Å². The fourth-order valence-electron chi connectivity index (χ4n) is 3.47. The van der Waals surface area contributed by atoms with Crippen molar-refractivity contribution in [3.63, 3.8) is 0 Å². The van der Waals surface area contributed by atoms with Gasteiger partial charge in [-0.3, -0.25) is 9.58 Å².